The summed E-state index contributed by atoms with van der Waals surface area (Å²) in [5.74, 6) is -118. The standard InChI is InChI=1S/C16HF33O/c17-2(18,4(21,22)6(25,26)8(29,30)9(31,32)11(35,36)13(39,40)16(47,48)49)1(50,14(41,42)43)3(19,20)5(23,24)7(27,28)10(33,34)12(37,38)15(44,45)46/h50H. The average molecular weight is 836 g/mol. The number of rotatable bonds is 12. The Labute approximate surface area is 246 Å². The minimum absolute atomic E-state index is 8.43. The second-order valence-electron chi connectivity index (χ2n) is 9.10. The molecule has 0 bridgehead atoms. The summed E-state index contributed by atoms with van der Waals surface area (Å²) in [4.78, 5) is 0. The van der Waals surface area contributed by atoms with Crippen LogP contribution in [0.15, 0.2) is 0 Å². The van der Waals surface area contributed by atoms with Crippen LogP contribution in [0, 0.1) is 0 Å². The Morgan fingerprint density at radius 3 is 0.400 bits per heavy atom. The Morgan fingerprint density at radius 2 is 0.280 bits per heavy atom. The van der Waals surface area contributed by atoms with Crippen molar-refractivity contribution in [2.45, 2.75) is 95.2 Å². The third-order valence-corrected chi connectivity index (χ3v) is 5.97. The molecular formula is C16HF33O. The summed E-state index contributed by atoms with van der Waals surface area (Å²) in [7, 11) is 0. The fraction of sp³-hybridized carbons (Fsp3) is 1.00. The fourth-order valence-electron chi connectivity index (χ4n) is 2.94. The predicted octanol–water partition coefficient (Wildman–Crippen LogP) is 10.0. The van der Waals surface area contributed by atoms with E-state index < -0.39 is 95.2 Å². The summed E-state index contributed by atoms with van der Waals surface area (Å²) in [6, 6.07) is 0. The van der Waals surface area contributed by atoms with E-state index in [9.17, 15) is 145 Å². The van der Waals surface area contributed by atoms with Crippen molar-refractivity contribution in [3.8, 4) is 0 Å². The molecule has 0 aromatic carbocycles. The Kier molecular flexibility index (Phi) is 10.6. The molecule has 1 N–H and O–H groups in total. The third kappa shape index (κ3) is 5.17. The molecule has 0 aliphatic rings. The first-order chi connectivity index (χ1) is 20.8. The van der Waals surface area contributed by atoms with Crippen LogP contribution in [-0.4, -0.2) is 100 Å². The summed E-state index contributed by atoms with van der Waals surface area (Å²) in [6.45, 7) is 0. The zero-order valence-electron chi connectivity index (χ0n) is 20.9. The molecule has 0 rings (SSSR count). The number of alkyl halides is 33. The van der Waals surface area contributed by atoms with Crippen molar-refractivity contribution in [3.63, 3.8) is 0 Å². The Bertz CT molecular complexity index is 1240. The molecule has 0 aromatic heterocycles. The molecule has 1 atom stereocenters. The SMILES string of the molecule is OC(C(F)(F)F)(C(F)(F)C(F)(F)C(F)(F)C(F)(F)C(F)(F)C(F)(F)F)C(F)(F)C(F)(F)C(F)(F)C(F)(F)C(F)(F)C(F)(F)C(F)(F)C(F)(F)F. The van der Waals surface area contributed by atoms with Crippen molar-refractivity contribution in [3.05, 3.63) is 0 Å². The highest BCUT2D eigenvalue weighted by molar-refractivity contribution is 5.25. The Morgan fingerprint density at radius 1 is 0.160 bits per heavy atom. The van der Waals surface area contributed by atoms with Gasteiger partial charge in [0.05, 0.1) is 0 Å². The highest BCUT2D eigenvalue weighted by Crippen LogP contribution is 2.70. The molecular weight excluding hydrogens is 835 g/mol. The largest absolute Gasteiger partial charge is 0.460 e. The highest BCUT2D eigenvalue weighted by atomic mass is 19.4. The zero-order chi connectivity index (χ0) is 42.0. The van der Waals surface area contributed by atoms with Crippen LogP contribution in [0.3, 0.4) is 0 Å². The summed E-state index contributed by atoms with van der Waals surface area (Å²) < 4.78 is 436. The average Bonchev–Trinajstić information content (AvgIpc) is 2.84. The summed E-state index contributed by atoms with van der Waals surface area (Å²) in [6.07, 6.45) is -26.4. The number of hydrogen-bond acceptors (Lipinski definition) is 1. The van der Waals surface area contributed by atoms with Crippen molar-refractivity contribution in [1.82, 2.24) is 0 Å². The minimum atomic E-state index is -10.4. The van der Waals surface area contributed by atoms with Gasteiger partial charge in [-0.15, -0.1) is 0 Å². The molecule has 1 nitrogen and oxygen atoms in total. The van der Waals surface area contributed by atoms with Gasteiger partial charge >= 0.3 is 95.2 Å². The van der Waals surface area contributed by atoms with E-state index in [1.54, 1.807) is 0 Å². The normalized spacial score (nSPS) is 18.4. The number of hydrogen-bond donors (Lipinski definition) is 1. The van der Waals surface area contributed by atoms with Gasteiger partial charge in [0.15, 0.2) is 0 Å². The molecule has 0 fully saturated rings. The van der Waals surface area contributed by atoms with Crippen molar-refractivity contribution < 1.29 is 150 Å². The zero-order valence-corrected chi connectivity index (χ0v) is 20.9. The van der Waals surface area contributed by atoms with Gasteiger partial charge < -0.3 is 5.11 Å². The molecule has 0 amide bonds. The van der Waals surface area contributed by atoms with Gasteiger partial charge in [-0.2, -0.15) is 145 Å². The smallest absolute Gasteiger partial charge is 0.371 e. The molecule has 1 unspecified atom stereocenters. The molecule has 0 aliphatic carbocycles. The predicted molar refractivity (Wildman–Crippen MR) is 82.5 cm³/mol. The van der Waals surface area contributed by atoms with Gasteiger partial charge in [0.2, 0.25) is 0 Å². The lowest BCUT2D eigenvalue weighted by Gasteiger charge is -2.50. The molecule has 34 heteroatoms. The van der Waals surface area contributed by atoms with Crippen LogP contribution in [0.2, 0.25) is 0 Å². The van der Waals surface area contributed by atoms with Crippen molar-refractivity contribution >= 4 is 0 Å². The van der Waals surface area contributed by atoms with Crippen molar-refractivity contribution in [1.29, 1.82) is 0 Å². The molecule has 0 aromatic rings. The van der Waals surface area contributed by atoms with Crippen LogP contribution in [-0.2, 0) is 0 Å². The van der Waals surface area contributed by atoms with Crippen LogP contribution < -0.4 is 0 Å². The lowest BCUT2D eigenvalue weighted by atomic mass is 9.75. The van der Waals surface area contributed by atoms with Crippen LogP contribution in [0.4, 0.5) is 145 Å². The fourth-order valence-corrected chi connectivity index (χ4v) is 2.94. The van der Waals surface area contributed by atoms with Crippen LogP contribution >= 0.6 is 0 Å². The Hall–Kier alpha value is -2.35. The van der Waals surface area contributed by atoms with Crippen LogP contribution in [0.5, 0.6) is 0 Å². The molecule has 0 spiro atoms. The van der Waals surface area contributed by atoms with Crippen molar-refractivity contribution in [2.75, 3.05) is 0 Å². The van der Waals surface area contributed by atoms with Crippen LogP contribution in [0.25, 0.3) is 0 Å². The minimum Gasteiger partial charge on any atom is -0.371 e. The van der Waals surface area contributed by atoms with Crippen LogP contribution in [0.1, 0.15) is 0 Å². The van der Waals surface area contributed by atoms with Gasteiger partial charge in [-0.3, -0.25) is 0 Å². The van der Waals surface area contributed by atoms with E-state index in [1.807, 2.05) is 0 Å². The molecule has 50 heavy (non-hydrogen) atoms. The monoisotopic (exact) mass is 836 g/mol. The van der Waals surface area contributed by atoms with E-state index >= 15 is 0 Å². The molecule has 302 valence electrons. The second-order valence-corrected chi connectivity index (χ2v) is 9.10. The highest BCUT2D eigenvalue weighted by Gasteiger charge is 3.03. The summed E-state index contributed by atoms with van der Waals surface area (Å²) >= 11 is 0. The summed E-state index contributed by atoms with van der Waals surface area (Å²) in [5.41, 5.74) is -10.2. The van der Waals surface area contributed by atoms with Gasteiger partial charge in [-0.1, -0.05) is 0 Å². The van der Waals surface area contributed by atoms with E-state index in [0.717, 1.165) is 0 Å². The first-order valence-corrected chi connectivity index (χ1v) is 10.2. The van der Waals surface area contributed by atoms with E-state index in [0.29, 0.717) is 0 Å². The maximum Gasteiger partial charge on any atom is 0.460 e. The van der Waals surface area contributed by atoms with E-state index in [-0.39, 0.29) is 0 Å². The van der Waals surface area contributed by atoms with E-state index in [4.69, 9.17) is 5.11 Å². The van der Waals surface area contributed by atoms with Gasteiger partial charge in [0.25, 0.3) is 0 Å². The van der Waals surface area contributed by atoms with Gasteiger partial charge in [0.1, 0.15) is 0 Å². The second kappa shape index (κ2) is 11.1. The Balaban J connectivity index is 8.16. The first kappa shape index (κ1) is 47.7. The summed E-state index contributed by atoms with van der Waals surface area (Å²) in [5, 5.41) is 8.54. The lowest BCUT2D eigenvalue weighted by Crippen LogP contribution is -2.84. The lowest BCUT2D eigenvalue weighted by molar-refractivity contribution is -0.508. The molecule has 0 saturated heterocycles. The maximum absolute atomic E-state index is 14.1. The maximum atomic E-state index is 14.1. The van der Waals surface area contributed by atoms with Crippen molar-refractivity contribution in [2.24, 2.45) is 0 Å². The number of aliphatic hydroxyl groups is 1. The first-order valence-electron chi connectivity index (χ1n) is 10.2. The molecule has 0 aliphatic heterocycles. The molecule has 0 saturated carbocycles. The molecule has 0 heterocycles. The third-order valence-electron chi connectivity index (χ3n) is 5.97. The molecule has 0 radical (unpaired) electrons. The topological polar surface area (TPSA) is 20.2 Å². The quantitative estimate of drug-likeness (QED) is 0.194. The number of halogens is 33. The van der Waals surface area contributed by atoms with E-state index in [1.165, 1.54) is 0 Å². The van der Waals surface area contributed by atoms with E-state index in [2.05, 4.69) is 0 Å². The van der Waals surface area contributed by atoms with Gasteiger partial charge in [0, 0.05) is 0 Å². The van der Waals surface area contributed by atoms with Gasteiger partial charge in [-0.25, -0.2) is 0 Å². The van der Waals surface area contributed by atoms with Gasteiger partial charge in [-0.05, 0) is 0 Å².